The van der Waals surface area contributed by atoms with Crippen molar-refractivity contribution in [2.24, 2.45) is 0 Å². The number of hydrogen-bond donors (Lipinski definition) is 0. The Morgan fingerprint density at radius 1 is 0.235 bits per heavy atom. The molecule has 0 amide bonds. The average Bonchev–Trinajstić information content (AvgIpc) is 2.85. The maximum atomic E-state index is 2.33. The van der Waals surface area contributed by atoms with Gasteiger partial charge in [0.05, 0.1) is 0 Å². The zero-order chi connectivity index (χ0) is 24.8. The van der Waals surface area contributed by atoms with Gasteiger partial charge in [0.15, 0.2) is 0 Å². The van der Waals surface area contributed by atoms with Crippen LogP contribution >= 0.6 is 0 Å². The van der Waals surface area contributed by atoms with E-state index in [1.54, 1.807) is 37.4 Å². The van der Waals surface area contributed by atoms with Gasteiger partial charge in [-0.2, -0.15) is 0 Å². The summed E-state index contributed by atoms with van der Waals surface area (Å²) in [6, 6.07) is 5.00. The minimum atomic E-state index is -0.443. The van der Waals surface area contributed by atoms with Gasteiger partial charge in [-0.25, -0.2) is 0 Å². The number of rotatable bonds is 30. The molecule has 1 heteroatoms. The molecule has 0 aromatic heterocycles. The van der Waals surface area contributed by atoms with Crippen LogP contribution in [0, 0.1) is 0 Å². The topological polar surface area (TPSA) is 0 Å². The summed E-state index contributed by atoms with van der Waals surface area (Å²) >= 11 is 0. The zero-order valence-corrected chi connectivity index (χ0v) is 25.9. The maximum Gasteiger partial charge on any atom is 0.0367 e. The molecule has 0 rings (SSSR count). The number of hydrogen-bond acceptors (Lipinski definition) is 0. The lowest BCUT2D eigenvalue weighted by atomic mass is 10.0. The SMILES string of the molecule is CCCCCCCCCCCCCCCCC[SiH](CCCCCCCC)CCCCCCCC. The maximum absolute atomic E-state index is 2.33. The van der Waals surface area contributed by atoms with E-state index >= 15 is 0 Å². The van der Waals surface area contributed by atoms with Crippen molar-refractivity contribution in [1.29, 1.82) is 0 Å². The third kappa shape index (κ3) is 28.5. The summed E-state index contributed by atoms with van der Waals surface area (Å²) in [6.45, 7) is 6.98. The van der Waals surface area contributed by atoms with E-state index in [0.29, 0.717) is 0 Å². The van der Waals surface area contributed by atoms with Gasteiger partial charge in [-0.15, -0.1) is 0 Å². The summed E-state index contributed by atoms with van der Waals surface area (Å²) in [4.78, 5) is 0. The lowest BCUT2D eigenvalue weighted by Gasteiger charge is -2.15. The molecule has 0 nitrogen and oxygen atoms in total. The first-order valence-electron chi connectivity index (χ1n) is 16.8. The highest BCUT2D eigenvalue weighted by Crippen LogP contribution is 2.21. The van der Waals surface area contributed by atoms with Crippen molar-refractivity contribution >= 4 is 8.80 Å². The second-order valence-corrected chi connectivity index (χ2v) is 15.2. The van der Waals surface area contributed by atoms with Gasteiger partial charge in [-0.1, -0.05) is 212 Å². The van der Waals surface area contributed by atoms with Gasteiger partial charge in [0, 0.05) is 8.80 Å². The summed E-state index contributed by atoms with van der Waals surface area (Å²) in [7, 11) is -0.443. The van der Waals surface area contributed by atoms with Crippen molar-refractivity contribution in [3.8, 4) is 0 Å². The Morgan fingerprint density at radius 2 is 0.412 bits per heavy atom. The summed E-state index contributed by atoms with van der Waals surface area (Å²) in [5.74, 6) is 0. The fourth-order valence-corrected chi connectivity index (χ4v) is 9.13. The second kappa shape index (κ2) is 31.2. The first-order valence-corrected chi connectivity index (χ1v) is 19.3. The van der Waals surface area contributed by atoms with E-state index in [0.717, 1.165) is 0 Å². The Balaban J connectivity index is 3.64. The standard InChI is InChI=1S/C33H70Si/c1-4-7-10-13-16-17-18-19-20-21-22-23-24-27-30-33-34(31-28-25-14-11-8-5-2)32-29-26-15-12-9-6-3/h34H,4-33H2,1-3H3. The van der Waals surface area contributed by atoms with Crippen LogP contribution in [0.2, 0.25) is 18.1 Å². The normalized spacial score (nSPS) is 11.6. The van der Waals surface area contributed by atoms with Crippen molar-refractivity contribution in [3.63, 3.8) is 0 Å². The fraction of sp³-hybridized carbons (Fsp3) is 1.00. The summed E-state index contributed by atoms with van der Waals surface area (Å²) < 4.78 is 0. The molecule has 0 aromatic carbocycles. The van der Waals surface area contributed by atoms with Crippen LogP contribution in [0.1, 0.15) is 194 Å². The van der Waals surface area contributed by atoms with Gasteiger partial charge in [0.25, 0.3) is 0 Å². The van der Waals surface area contributed by atoms with E-state index in [1.807, 2.05) is 0 Å². The molecule has 0 bridgehead atoms. The zero-order valence-electron chi connectivity index (χ0n) is 24.8. The molecular formula is C33H70Si. The largest absolute Gasteiger partial charge is 0.0654 e. The Hall–Kier alpha value is 0.217. The first kappa shape index (κ1) is 34.2. The summed E-state index contributed by atoms with van der Waals surface area (Å²) in [5, 5.41) is 0. The quantitative estimate of drug-likeness (QED) is 0.0687. The highest BCUT2D eigenvalue weighted by molar-refractivity contribution is 6.58. The molecule has 0 unspecified atom stereocenters. The molecule has 0 aliphatic rings. The highest BCUT2D eigenvalue weighted by atomic mass is 28.3. The molecule has 34 heavy (non-hydrogen) atoms. The van der Waals surface area contributed by atoms with E-state index < -0.39 is 8.80 Å². The van der Waals surface area contributed by atoms with Crippen molar-refractivity contribution in [2.75, 3.05) is 0 Å². The van der Waals surface area contributed by atoms with Gasteiger partial charge in [-0.3, -0.25) is 0 Å². The Labute approximate surface area is 220 Å². The molecule has 0 atom stereocenters. The fourth-order valence-electron chi connectivity index (χ4n) is 5.66. The monoisotopic (exact) mass is 495 g/mol. The third-order valence-corrected chi connectivity index (χ3v) is 11.8. The van der Waals surface area contributed by atoms with Crippen molar-refractivity contribution in [1.82, 2.24) is 0 Å². The van der Waals surface area contributed by atoms with Crippen LogP contribution in [0.15, 0.2) is 0 Å². The van der Waals surface area contributed by atoms with E-state index in [-0.39, 0.29) is 0 Å². The highest BCUT2D eigenvalue weighted by Gasteiger charge is 2.10. The number of unbranched alkanes of at least 4 members (excludes halogenated alkanes) is 24. The second-order valence-electron chi connectivity index (χ2n) is 11.7. The van der Waals surface area contributed by atoms with Crippen LogP contribution in [0.5, 0.6) is 0 Å². The van der Waals surface area contributed by atoms with E-state index in [1.165, 1.54) is 154 Å². The van der Waals surface area contributed by atoms with E-state index in [9.17, 15) is 0 Å². The van der Waals surface area contributed by atoms with Crippen LogP contribution in [0.25, 0.3) is 0 Å². The minimum Gasteiger partial charge on any atom is -0.0654 e. The van der Waals surface area contributed by atoms with E-state index in [4.69, 9.17) is 0 Å². The van der Waals surface area contributed by atoms with Crippen LogP contribution in [0.4, 0.5) is 0 Å². The molecular weight excluding hydrogens is 424 g/mol. The van der Waals surface area contributed by atoms with Gasteiger partial charge >= 0.3 is 0 Å². The Kier molecular flexibility index (Phi) is 31.4. The molecule has 0 saturated carbocycles. The first-order chi connectivity index (χ1) is 16.8. The molecule has 0 aliphatic heterocycles. The molecule has 0 radical (unpaired) electrons. The molecule has 0 saturated heterocycles. The summed E-state index contributed by atoms with van der Waals surface area (Å²) in [5.41, 5.74) is 0. The Morgan fingerprint density at radius 3 is 0.618 bits per heavy atom. The van der Waals surface area contributed by atoms with Crippen LogP contribution < -0.4 is 0 Å². The minimum absolute atomic E-state index is 0.443. The lowest BCUT2D eigenvalue weighted by molar-refractivity contribution is 0.534. The molecule has 0 aliphatic carbocycles. The van der Waals surface area contributed by atoms with Gasteiger partial charge in [0.2, 0.25) is 0 Å². The summed E-state index contributed by atoms with van der Waals surface area (Å²) in [6.07, 6.45) is 40.2. The molecule has 0 heterocycles. The van der Waals surface area contributed by atoms with Gasteiger partial charge in [-0.05, 0) is 0 Å². The van der Waals surface area contributed by atoms with Gasteiger partial charge < -0.3 is 0 Å². The van der Waals surface area contributed by atoms with Crippen LogP contribution in [-0.4, -0.2) is 8.80 Å². The Bertz CT molecular complexity index is 323. The molecule has 0 N–H and O–H groups in total. The van der Waals surface area contributed by atoms with Crippen molar-refractivity contribution < 1.29 is 0 Å². The predicted octanol–water partition coefficient (Wildman–Crippen LogP) is 12.8. The van der Waals surface area contributed by atoms with Crippen LogP contribution in [0.3, 0.4) is 0 Å². The molecule has 0 spiro atoms. The smallest absolute Gasteiger partial charge is 0.0367 e. The van der Waals surface area contributed by atoms with Crippen molar-refractivity contribution in [2.45, 2.75) is 212 Å². The molecule has 0 aromatic rings. The lowest BCUT2D eigenvalue weighted by Crippen LogP contribution is -2.12. The predicted molar refractivity (Wildman–Crippen MR) is 163 cm³/mol. The van der Waals surface area contributed by atoms with Gasteiger partial charge in [0.1, 0.15) is 0 Å². The molecule has 206 valence electrons. The van der Waals surface area contributed by atoms with Crippen molar-refractivity contribution in [3.05, 3.63) is 0 Å². The van der Waals surface area contributed by atoms with E-state index in [2.05, 4.69) is 20.8 Å². The third-order valence-electron chi connectivity index (χ3n) is 8.15. The van der Waals surface area contributed by atoms with Crippen LogP contribution in [-0.2, 0) is 0 Å². The molecule has 0 fully saturated rings. The average molecular weight is 495 g/mol.